The summed E-state index contributed by atoms with van der Waals surface area (Å²) < 4.78 is 0. The topological polar surface area (TPSA) is 94.0 Å². The third-order valence-electron chi connectivity index (χ3n) is 3.16. The molecule has 0 radical (unpaired) electrons. The zero-order chi connectivity index (χ0) is 12.3. The predicted molar refractivity (Wildman–Crippen MR) is 67.7 cm³/mol. The van der Waals surface area contributed by atoms with E-state index in [1.165, 1.54) is 25.5 Å². The maximum atomic E-state index is 11.2. The molecular weight excluding hydrogens is 216 g/mol. The highest BCUT2D eigenvalue weighted by atomic mass is 16.1. The van der Waals surface area contributed by atoms with Crippen LogP contribution in [0, 0.1) is 0 Å². The quantitative estimate of drug-likeness (QED) is 0.738. The largest absolute Gasteiger partial charge is 0.397 e. The molecule has 1 heterocycles. The van der Waals surface area contributed by atoms with Crippen LogP contribution in [0.3, 0.4) is 0 Å². The molecule has 5 N–H and O–H groups in total. The van der Waals surface area contributed by atoms with Gasteiger partial charge in [-0.1, -0.05) is 19.3 Å². The van der Waals surface area contributed by atoms with Crippen molar-refractivity contribution >= 4 is 17.4 Å². The highest BCUT2D eigenvalue weighted by Gasteiger charge is 2.14. The molecule has 0 aromatic carbocycles. The number of carbonyl (C=O) groups is 1. The Balaban J connectivity index is 2.10. The average molecular weight is 234 g/mol. The van der Waals surface area contributed by atoms with Gasteiger partial charge < -0.3 is 16.8 Å². The molecular formula is C12H18N4O. The minimum Gasteiger partial charge on any atom is -0.397 e. The van der Waals surface area contributed by atoms with Gasteiger partial charge in [0, 0.05) is 6.04 Å². The van der Waals surface area contributed by atoms with Gasteiger partial charge in [0.05, 0.1) is 17.4 Å². The fourth-order valence-corrected chi connectivity index (χ4v) is 2.21. The monoisotopic (exact) mass is 234 g/mol. The summed E-state index contributed by atoms with van der Waals surface area (Å²) in [5, 5.41) is 3.33. The Morgan fingerprint density at radius 1 is 1.35 bits per heavy atom. The van der Waals surface area contributed by atoms with Crippen molar-refractivity contribution in [3.63, 3.8) is 0 Å². The van der Waals surface area contributed by atoms with Gasteiger partial charge in [-0.2, -0.15) is 0 Å². The van der Waals surface area contributed by atoms with Crippen molar-refractivity contribution in [2.45, 2.75) is 38.1 Å². The second-order valence-electron chi connectivity index (χ2n) is 4.50. The molecule has 1 fully saturated rings. The smallest absolute Gasteiger partial charge is 0.250 e. The van der Waals surface area contributed by atoms with Gasteiger partial charge in [0.2, 0.25) is 0 Å². The SMILES string of the molecule is NC(=O)c1cc(NC2CCCCC2)ncc1N. The first-order valence-corrected chi connectivity index (χ1v) is 5.98. The summed E-state index contributed by atoms with van der Waals surface area (Å²) in [4.78, 5) is 15.3. The number of primary amides is 1. The Kier molecular flexibility index (Phi) is 3.46. The zero-order valence-corrected chi connectivity index (χ0v) is 9.78. The lowest BCUT2D eigenvalue weighted by atomic mass is 9.95. The van der Waals surface area contributed by atoms with Gasteiger partial charge in [-0.05, 0) is 18.9 Å². The molecule has 0 spiro atoms. The van der Waals surface area contributed by atoms with E-state index in [1.807, 2.05) is 0 Å². The molecule has 1 aliphatic rings. The summed E-state index contributed by atoms with van der Waals surface area (Å²) in [5.74, 6) is 0.163. The molecule has 1 aromatic heterocycles. The number of nitrogens with zero attached hydrogens (tertiary/aromatic N) is 1. The standard InChI is InChI=1S/C12H18N4O/c13-10-7-15-11(6-9(10)12(14)17)16-8-4-2-1-3-5-8/h6-8H,1-5,13H2,(H2,14,17)(H,15,16). The molecule has 1 amide bonds. The number of hydrogen-bond donors (Lipinski definition) is 3. The molecule has 0 unspecified atom stereocenters. The van der Waals surface area contributed by atoms with Crippen molar-refractivity contribution in [2.75, 3.05) is 11.1 Å². The highest BCUT2D eigenvalue weighted by Crippen LogP contribution is 2.22. The second kappa shape index (κ2) is 5.03. The third-order valence-corrected chi connectivity index (χ3v) is 3.16. The Morgan fingerprint density at radius 2 is 2.06 bits per heavy atom. The number of rotatable bonds is 3. The van der Waals surface area contributed by atoms with E-state index in [2.05, 4.69) is 10.3 Å². The average Bonchev–Trinajstić information content (AvgIpc) is 2.32. The number of nitrogen functional groups attached to an aromatic ring is 1. The van der Waals surface area contributed by atoms with E-state index in [0.717, 1.165) is 12.8 Å². The number of amides is 1. The number of aromatic nitrogens is 1. The molecule has 1 aliphatic carbocycles. The maximum absolute atomic E-state index is 11.2. The van der Waals surface area contributed by atoms with Crippen LogP contribution < -0.4 is 16.8 Å². The maximum Gasteiger partial charge on any atom is 0.250 e. The van der Waals surface area contributed by atoms with Crippen LogP contribution in [-0.4, -0.2) is 16.9 Å². The van der Waals surface area contributed by atoms with Gasteiger partial charge in [0.1, 0.15) is 5.82 Å². The Labute approximate surface area is 101 Å². The number of nitrogens with one attached hydrogen (secondary N) is 1. The summed E-state index contributed by atoms with van der Waals surface area (Å²) in [6, 6.07) is 2.08. The van der Waals surface area contributed by atoms with E-state index < -0.39 is 5.91 Å². The summed E-state index contributed by atoms with van der Waals surface area (Å²) in [7, 11) is 0. The van der Waals surface area contributed by atoms with Crippen LogP contribution in [0.4, 0.5) is 11.5 Å². The van der Waals surface area contributed by atoms with Crippen molar-refractivity contribution in [3.05, 3.63) is 17.8 Å². The van der Waals surface area contributed by atoms with E-state index >= 15 is 0 Å². The number of anilines is 2. The van der Waals surface area contributed by atoms with Crippen LogP contribution in [0.2, 0.25) is 0 Å². The number of pyridine rings is 1. The third kappa shape index (κ3) is 2.87. The van der Waals surface area contributed by atoms with Crippen molar-refractivity contribution < 1.29 is 4.79 Å². The van der Waals surface area contributed by atoms with Gasteiger partial charge in [0.15, 0.2) is 0 Å². The zero-order valence-electron chi connectivity index (χ0n) is 9.78. The molecule has 5 heteroatoms. The molecule has 92 valence electrons. The van der Waals surface area contributed by atoms with Crippen LogP contribution in [0.5, 0.6) is 0 Å². The lowest BCUT2D eigenvalue weighted by Gasteiger charge is -2.23. The van der Waals surface area contributed by atoms with Gasteiger partial charge in [-0.15, -0.1) is 0 Å². The summed E-state index contributed by atoms with van der Waals surface area (Å²) >= 11 is 0. The molecule has 2 rings (SSSR count). The van der Waals surface area contributed by atoms with E-state index in [9.17, 15) is 4.79 Å². The van der Waals surface area contributed by atoms with Gasteiger partial charge in [-0.3, -0.25) is 4.79 Å². The van der Waals surface area contributed by atoms with Gasteiger partial charge >= 0.3 is 0 Å². The van der Waals surface area contributed by atoms with Gasteiger partial charge in [-0.25, -0.2) is 4.98 Å². The van der Waals surface area contributed by atoms with Crippen LogP contribution in [0.15, 0.2) is 12.3 Å². The molecule has 1 aromatic rings. The molecule has 0 saturated heterocycles. The first kappa shape index (κ1) is 11.7. The summed E-state index contributed by atoms with van der Waals surface area (Å²) in [6.45, 7) is 0. The Hall–Kier alpha value is -1.78. The van der Waals surface area contributed by atoms with Crippen LogP contribution >= 0.6 is 0 Å². The van der Waals surface area contributed by atoms with Crippen molar-refractivity contribution in [1.82, 2.24) is 4.98 Å². The fraction of sp³-hybridized carbons (Fsp3) is 0.500. The predicted octanol–water partition coefficient (Wildman–Crippen LogP) is 1.51. The van der Waals surface area contributed by atoms with E-state index in [4.69, 9.17) is 11.5 Å². The van der Waals surface area contributed by atoms with E-state index in [1.54, 1.807) is 6.07 Å². The minimum absolute atomic E-state index is 0.326. The molecule has 1 saturated carbocycles. The summed E-state index contributed by atoms with van der Waals surface area (Å²) in [6.07, 6.45) is 7.58. The van der Waals surface area contributed by atoms with Crippen molar-refractivity contribution in [2.24, 2.45) is 5.73 Å². The molecule has 0 aliphatic heterocycles. The van der Waals surface area contributed by atoms with Crippen LogP contribution in [0.25, 0.3) is 0 Å². The number of carbonyl (C=O) groups excluding carboxylic acids is 1. The fourth-order valence-electron chi connectivity index (χ4n) is 2.21. The lowest BCUT2D eigenvalue weighted by Crippen LogP contribution is -2.23. The minimum atomic E-state index is -0.517. The first-order chi connectivity index (χ1) is 8.16. The van der Waals surface area contributed by atoms with Crippen molar-refractivity contribution in [3.8, 4) is 0 Å². The van der Waals surface area contributed by atoms with Gasteiger partial charge in [0.25, 0.3) is 5.91 Å². The number of hydrogen-bond acceptors (Lipinski definition) is 4. The Bertz CT molecular complexity index is 413. The molecule has 0 bridgehead atoms. The van der Waals surface area contributed by atoms with Crippen LogP contribution in [0.1, 0.15) is 42.5 Å². The number of nitrogens with two attached hydrogens (primary N) is 2. The van der Waals surface area contributed by atoms with E-state index in [-0.39, 0.29) is 0 Å². The Morgan fingerprint density at radius 3 is 2.71 bits per heavy atom. The summed E-state index contributed by atoms with van der Waals surface area (Å²) in [5.41, 5.74) is 11.5. The molecule has 5 nitrogen and oxygen atoms in total. The molecule has 0 atom stereocenters. The molecule has 17 heavy (non-hydrogen) atoms. The second-order valence-corrected chi connectivity index (χ2v) is 4.50. The first-order valence-electron chi connectivity index (χ1n) is 5.98. The normalized spacial score (nSPS) is 16.7. The van der Waals surface area contributed by atoms with Crippen molar-refractivity contribution in [1.29, 1.82) is 0 Å². The van der Waals surface area contributed by atoms with E-state index in [0.29, 0.717) is 23.1 Å². The highest BCUT2D eigenvalue weighted by molar-refractivity contribution is 5.98. The lowest BCUT2D eigenvalue weighted by molar-refractivity contribution is 0.100. The van der Waals surface area contributed by atoms with Crippen LogP contribution in [-0.2, 0) is 0 Å².